The van der Waals surface area contributed by atoms with Crippen LogP contribution in [0.2, 0.25) is 0 Å². The Morgan fingerprint density at radius 1 is 1.29 bits per heavy atom. The molecule has 0 amide bonds. The SMILES string of the molecule is CC(C)NNc1ccc([N+](=O)[O-])cc1. The molecule has 0 bridgehead atoms. The summed E-state index contributed by atoms with van der Waals surface area (Å²) in [5.74, 6) is 0. The molecule has 0 spiro atoms. The largest absolute Gasteiger partial charge is 0.321 e. The molecule has 1 aromatic rings. The van der Waals surface area contributed by atoms with Crippen molar-refractivity contribution in [3.8, 4) is 0 Å². The van der Waals surface area contributed by atoms with Gasteiger partial charge in [0.2, 0.25) is 0 Å². The zero-order valence-corrected chi connectivity index (χ0v) is 8.15. The number of anilines is 1. The third-order valence-electron chi connectivity index (χ3n) is 1.58. The maximum Gasteiger partial charge on any atom is 0.269 e. The highest BCUT2D eigenvalue weighted by atomic mass is 16.6. The Morgan fingerprint density at radius 3 is 2.29 bits per heavy atom. The molecule has 0 aliphatic carbocycles. The van der Waals surface area contributed by atoms with E-state index in [1.165, 1.54) is 12.1 Å². The van der Waals surface area contributed by atoms with Gasteiger partial charge in [-0.2, -0.15) is 0 Å². The summed E-state index contributed by atoms with van der Waals surface area (Å²) < 4.78 is 0. The van der Waals surface area contributed by atoms with Crippen LogP contribution in [-0.2, 0) is 0 Å². The first-order chi connectivity index (χ1) is 6.59. The minimum atomic E-state index is -0.417. The third-order valence-corrected chi connectivity index (χ3v) is 1.58. The zero-order valence-electron chi connectivity index (χ0n) is 8.15. The van der Waals surface area contributed by atoms with Crippen LogP contribution >= 0.6 is 0 Å². The van der Waals surface area contributed by atoms with Crippen molar-refractivity contribution in [1.29, 1.82) is 0 Å². The number of hydrogen-bond donors (Lipinski definition) is 2. The molecule has 0 fully saturated rings. The van der Waals surface area contributed by atoms with Gasteiger partial charge in [-0.05, 0) is 26.0 Å². The van der Waals surface area contributed by atoms with Crippen molar-refractivity contribution in [1.82, 2.24) is 5.43 Å². The molecule has 14 heavy (non-hydrogen) atoms. The van der Waals surface area contributed by atoms with E-state index in [-0.39, 0.29) is 5.69 Å². The Hall–Kier alpha value is -1.62. The van der Waals surface area contributed by atoms with Gasteiger partial charge in [-0.15, -0.1) is 0 Å². The standard InChI is InChI=1S/C9H13N3O2/c1-7(2)10-11-8-3-5-9(6-4-8)12(13)14/h3-7,10-11H,1-2H3. The van der Waals surface area contributed by atoms with Crippen molar-refractivity contribution in [2.45, 2.75) is 19.9 Å². The van der Waals surface area contributed by atoms with Gasteiger partial charge in [-0.3, -0.25) is 10.1 Å². The van der Waals surface area contributed by atoms with Crippen LogP contribution in [0, 0.1) is 10.1 Å². The lowest BCUT2D eigenvalue weighted by Crippen LogP contribution is -2.28. The lowest BCUT2D eigenvalue weighted by molar-refractivity contribution is -0.384. The number of hydrogen-bond acceptors (Lipinski definition) is 4. The number of benzene rings is 1. The summed E-state index contributed by atoms with van der Waals surface area (Å²) in [7, 11) is 0. The van der Waals surface area contributed by atoms with Crippen LogP contribution in [0.4, 0.5) is 11.4 Å². The molecule has 76 valence electrons. The van der Waals surface area contributed by atoms with Gasteiger partial charge in [0.05, 0.1) is 4.92 Å². The fourth-order valence-corrected chi connectivity index (χ4v) is 0.894. The Kier molecular flexibility index (Phi) is 3.41. The molecule has 0 aliphatic rings. The smallest absolute Gasteiger partial charge is 0.269 e. The van der Waals surface area contributed by atoms with E-state index in [4.69, 9.17) is 0 Å². The van der Waals surface area contributed by atoms with E-state index in [1.807, 2.05) is 13.8 Å². The molecule has 0 saturated heterocycles. The fraction of sp³-hybridized carbons (Fsp3) is 0.333. The molecule has 0 atom stereocenters. The molecule has 5 nitrogen and oxygen atoms in total. The monoisotopic (exact) mass is 195 g/mol. The van der Waals surface area contributed by atoms with Crippen LogP contribution in [0.15, 0.2) is 24.3 Å². The number of hydrazine groups is 1. The second-order valence-corrected chi connectivity index (χ2v) is 3.23. The minimum absolute atomic E-state index is 0.0973. The molecule has 0 aromatic heterocycles. The van der Waals surface area contributed by atoms with E-state index >= 15 is 0 Å². The summed E-state index contributed by atoms with van der Waals surface area (Å²) >= 11 is 0. The van der Waals surface area contributed by atoms with Crippen LogP contribution in [0.3, 0.4) is 0 Å². The summed E-state index contributed by atoms with van der Waals surface area (Å²) in [6, 6.07) is 6.56. The Labute approximate surface area is 82.2 Å². The quantitative estimate of drug-likeness (QED) is 0.569. The molecule has 1 rings (SSSR count). The van der Waals surface area contributed by atoms with Gasteiger partial charge in [0.1, 0.15) is 0 Å². The first kappa shape index (κ1) is 10.5. The predicted octanol–water partition coefficient (Wildman–Crippen LogP) is 1.92. The van der Waals surface area contributed by atoms with Gasteiger partial charge in [0.25, 0.3) is 5.69 Å². The minimum Gasteiger partial charge on any atom is -0.321 e. The Morgan fingerprint density at radius 2 is 1.86 bits per heavy atom. The molecule has 1 aromatic carbocycles. The fourth-order valence-electron chi connectivity index (χ4n) is 0.894. The summed E-state index contributed by atoms with van der Waals surface area (Å²) in [4.78, 5) is 9.93. The first-order valence-electron chi connectivity index (χ1n) is 4.35. The van der Waals surface area contributed by atoms with Crippen molar-refractivity contribution in [3.05, 3.63) is 34.4 Å². The van der Waals surface area contributed by atoms with E-state index in [0.29, 0.717) is 6.04 Å². The Bertz CT molecular complexity index is 308. The topological polar surface area (TPSA) is 67.2 Å². The van der Waals surface area contributed by atoms with E-state index < -0.39 is 4.92 Å². The number of nitro benzene ring substituents is 1. The van der Waals surface area contributed by atoms with Crippen LogP contribution in [0.5, 0.6) is 0 Å². The third kappa shape index (κ3) is 3.02. The van der Waals surface area contributed by atoms with Crippen molar-refractivity contribution >= 4 is 11.4 Å². The van der Waals surface area contributed by atoms with Gasteiger partial charge < -0.3 is 5.43 Å². The zero-order chi connectivity index (χ0) is 10.6. The van der Waals surface area contributed by atoms with E-state index in [0.717, 1.165) is 5.69 Å². The molecule has 0 radical (unpaired) electrons. The predicted molar refractivity (Wildman–Crippen MR) is 55.0 cm³/mol. The maximum atomic E-state index is 10.3. The van der Waals surface area contributed by atoms with Crippen LogP contribution in [-0.4, -0.2) is 11.0 Å². The van der Waals surface area contributed by atoms with Crippen molar-refractivity contribution in [2.75, 3.05) is 5.43 Å². The lowest BCUT2D eigenvalue weighted by atomic mass is 10.3. The lowest BCUT2D eigenvalue weighted by Gasteiger charge is -2.10. The highest BCUT2D eigenvalue weighted by molar-refractivity contribution is 5.47. The van der Waals surface area contributed by atoms with E-state index in [2.05, 4.69) is 10.9 Å². The maximum absolute atomic E-state index is 10.3. The van der Waals surface area contributed by atoms with E-state index in [9.17, 15) is 10.1 Å². The summed E-state index contributed by atoms with van der Waals surface area (Å²) in [6.07, 6.45) is 0. The van der Waals surface area contributed by atoms with Gasteiger partial charge >= 0.3 is 0 Å². The highest BCUT2D eigenvalue weighted by Crippen LogP contribution is 2.14. The van der Waals surface area contributed by atoms with Crippen LogP contribution in [0.25, 0.3) is 0 Å². The van der Waals surface area contributed by atoms with Crippen molar-refractivity contribution in [3.63, 3.8) is 0 Å². The average molecular weight is 195 g/mol. The number of non-ortho nitro benzene ring substituents is 1. The summed E-state index contributed by atoms with van der Waals surface area (Å²) in [5, 5.41) is 10.3. The summed E-state index contributed by atoms with van der Waals surface area (Å²) in [6.45, 7) is 4.00. The molecule has 5 heteroatoms. The first-order valence-corrected chi connectivity index (χ1v) is 4.35. The van der Waals surface area contributed by atoms with E-state index in [1.54, 1.807) is 12.1 Å². The van der Waals surface area contributed by atoms with Crippen LogP contribution < -0.4 is 10.9 Å². The van der Waals surface area contributed by atoms with Gasteiger partial charge in [-0.1, -0.05) is 0 Å². The summed E-state index contributed by atoms with van der Waals surface area (Å²) in [5.41, 5.74) is 6.84. The molecule has 0 aliphatic heterocycles. The molecule has 2 N–H and O–H groups in total. The molecule has 0 saturated carbocycles. The second-order valence-electron chi connectivity index (χ2n) is 3.23. The van der Waals surface area contributed by atoms with Gasteiger partial charge in [0.15, 0.2) is 0 Å². The average Bonchev–Trinajstić information content (AvgIpc) is 2.15. The normalized spacial score (nSPS) is 10.2. The number of rotatable bonds is 4. The number of nitrogens with zero attached hydrogens (tertiary/aromatic N) is 1. The second kappa shape index (κ2) is 4.57. The van der Waals surface area contributed by atoms with Gasteiger partial charge in [0, 0.05) is 23.9 Å². The number of nitro groups is 1. The number of nitrogens with one attached hydrogen (secondary N) is 2. The van der Waals surface area contributed by atoms with Crippen molar-refractivity contribution < 1.29 is 4.92 Å². The molecule has 0 heterocycles. The molecular formula is C9H13N3O2. The highest BCUT2D eigenvalue weighted by Gasteiger charge is 2.03. The van der Waals surface area contributed by atoms with Gasteiger partial charge in [-0.25, -0.2) is 5.43 Å². The molecular weight excluding hydrogens is 182 g/mol. The van der Waals surface area contributed by atoms with Crippen molar-refractivity contribution in [2.24, 2.45) is 0 Å². The Balaban J connectivity index is 2.60. The van der Waals surface area contributed by atoms with Crippen LogP contribution in [0.1, 0.15) is 13.8 Å². The molecule has 0 unspecified atom stereocenters.